The highest BCUT2D eigenvalue weighted by Gasteiger charge is 2.17. The summed E-state index contributed by atoms with van der Waals surface area (Å²) < 4.78 is 35.9. The number of para-hydroxylation sites is 2. The zero-order chi connectivity index (χ0) is 18.4. The predicted molar refractivity (Wildman–Crippen MR) is 94.4 cm³/mol. The molecular weight excluding hydrogens is 344 g/mol. The lowest BCUT2D eigenvalue weighted by Gasteiger charge is -2.13. The van der Waals surface area contributed by atoms with Crippen LogP contribution in [-0.4, -0.2) is 46.4 Å². The Labute approximate surface area is 147 Å². The van der Waals surface area contributed by atoms with E-state index in [0.29, 0.717) is 17.2 Å². The van der Waals surface area contributed by atoms with E-state index in [2.05, 4.69) is 5.32 Å². The van der Waals surface area contributed by atoms with E-state index in [0.717, 1.165) is 4.31 Å². The van der Waals surface area contributed by atoms with Crippen LogP contribution in [0.15, 0.2) is 53.4 Å². The molecule has 0 heterocycles. The zero-order valence-electron chi connectivity index (χ0n) is 14.2. The maximum absolute atomic E-state index is 12.1. The smallest absolute Gasteiger partial charge is 0.262 e. The summed E-state index contributed by atoms with van der Waals surface area (Å²) in [4.78, 5) is 12.1. The minimum atomic E-state index is -3.57. The van der Waals surface area contributed by atoms with E-state index in [1.54, 1.807) is 36.4 Å². The van der Waals surface area contributed by atoms with Crippen molar-refractivity contribution < 1.29 is 22.7 Å². The largest absolute Gasteiger partial charge is 0.493 e. The molecule has 134 valence electrons. The van der Waals surface area contributed by atoms with Crippen LogP contribution in [0.2, 0.25) is 0 Å². The first kappa shape index (κ1) is 18.8. The van der Waals surface area contributed by atoms with Crippen LogP contribution in [0.5, 0.6) is 11.5 Å². The molecule has 0 aromatic heterocycles. The summed E-state index contributed by atoms with van der Waals surface area (Å²) in [7, 11) is 0.840. The van der Waals surface area contributed by atoms with Crippen molar-refractivity contribution in [3.8, 4) is 11.5 Å². The van der Waals surface area contributed by atoms with E-state index >= 15 is 0 Å². The maximum atomic E-state index is 12.1. The number of rotatable bonds is 7. The number of hydrogen-bond donors (Lipinski definition) is 1. The van der Waals surface area contributed by atoms with Gasteiger partial charge in [-0.1, -0.05) is 18.2 Å². The average Bonchev–Trinajstić information content (AvgIpc) is 2.60. The molecule has 1 N–H and O–H groups in total. The molecule has 2 aromatic rings. The maximum Gasteiger partial charge on any atom is 0.262 e. The van der Waals surface area contributed by atoms with Gasteiger partial charge in [-0.3, -0.25) is 4.79 Å². The molecule has 1 amide bonds. The Morgan fingerprint density at radius 2 is 1.76 bits per heavy atom. The molecule has 0 radical (unpaired) electrons. The molecule has 0 saturated heterocycles. The van der Waals surface area contributed by atoms with Gasteiger partial charge in [0.05, 0.1) is 12.0 Å². The first-order valence-corrected chi connectivity index (χ1v) is 8.87. The predicted octanol–water partition coefficient (Wildman–Crippen LogP) is 1.96. The number of benzene rings is 2. The number of sulfonamides is 1. The first-order chi connectivity index (χ1) is 11.8. The lowest BCUT2D eigenvalue weighted by molar-refractivity contribution is -0.118. The number of anilines is 1. The van der Waals surface area contributed by atoms with Gasteiger partial charge >= 0.3 is 0 Å². The fraction of sp³-hybridized carbons (Fsp3) is 0.235. The van der Waals surface area contributed by atoms with E-state index in [1.165, 1.54) is 33.3 Å². The van der Waals surface area contributed by atoms with Gasteiger partial charge in [-0.2, -0.15) is 0 Å². The summed E-state index contributed by atoms with van der Waals surface area (Å²) in [5.74, 6) is 0.559. The fourth-order valence-electron chi connectivity index (χ4n) is 2.02. The summed E-state index contributed by atoms with van der Waals surface area (Å²) in [6.07, 6.45) is 0. The van der Waals surface area contributed by atoms with Crippen LogP contribution in [0.25, 0.3) is 0 Å². The zero-order valence-corrected chi connectivity index (χ0v) is 15.0. The summed E-state index contributed by atoms with van der Waals surface area (Å²) >= 11 is 0. The third-order valence-corrected chi connectivity index (χ3v) is 5.14. The molecule has 2 rings (SSSR count). The van der Waals surface area contributed by atoms with Crippen LogP contribution in [0.4, 0.5) is 5.69 Å². The van der Waals surface area contributed by atoms with Gasteiger partial charge in [0, 0.05) is 19.8 Å². The SMILES string of the molecule is COc1ccccc1OCC(=O)Nc1cccc(S(=O)(=O)N(C)C)c1. The Morgan fingerprint density at radius 1 is 1.08 bits per heavy atom. The molecule has 7 nitrogen and oxygen atoms in total. The van der Waals surface area contributed by atoms with Crippen molar-refractivity contribution >= 4 is 21.6 Å². The molecule has 8 heteroatoms. The second kappa shape index (κ2) is 8.00. The Bertz CT molecular complexity index is 850. The van der Waals surface area contributed by atoms with Crippen molar-refractivity contribution in [2.75, 3.05) is 33.1 Å². The number of hydrogen-bond acceptors (Lipinski definition) is 5. The molecule has 0 spiro atoms. The highest BCUT2D eigenvalue weighted by molar-refractivity contribution is 7.89. The van der Waals surface area contributed by atoms with Crippen molar-refractivity contribution in [2.45, 2.75) is 4.90 Å². The minimum Gasteiger partial charge on any atom is -0.493 e. The third-order valence-electron chi connectivity index (χ3n) is 3.32. The van der Waals surface area contributed by atoms with Gasteiger partial charge in [0.2, 0.25) is 10.0 Å². The second-order valence-electron chi connectivity index (χ2n) is 5.30. The lowest BCUT2D eigenvalue weighted by Crippen LogP contribution is -2.23. The van der Waals surface area contributed by atoms with Crippen LogP contribution in [0, 0.1) is 0 Å². The normalized spacial score (nSPS) is 11.2. The summed E-state index contributed by atoms with van der Waals surface area (Å²) in [5.41, 5.74) is 0.372. The minimum absolute atomic E-state index is 0.0981. The summed E-state index contributed by atoms with van der Waals surface area (Å²) in [6.45, 7) is -0.231. The molecule has 25 heavy (non-hydrogen) atoms. The molecule has 0 bridgehead atoms. The number of carbonyl (C=O) groups is 1. The first-order valence-electron chi connectivity index (χ1n) is 7.43. The van der Waals surface area contributed by atoms with Crippen molar-refractivity contribution in [2.24, 2.45) is 0 Å². The van der Waals surface area contributed by atoms with E-state index < -0.39 is 15.9 Å². The van der Waals surface area contributed by atoms with Crippen LogP contribution in [0.3, 0.4) is 0 Å². The van der Waals surface area contributed by atoms with Crippen molar-refractivity contribution in [1.82, 2.24) is 4.31 Å². The van der Waals surface area contributed by atoms with Crippen molar-refractivity contribution in [3.63, 3.8) is 0 Å². The van der Waals surface area contributed by atoms with E-state index in [-0.39, 0.29) is 11.5 Å². The monoisotopic (exact) mass is 364 g/mol. The topological polar surface area (TPSA) is 84.9 Å². The molecule has 0 atom stereocenters. The highest BCUT2D eigenvalue weighted by Crippen LogP contribution is 2.25. The van der Waals surface area contributed by atoms with Gasteiger partial charge < -0.3 is 14.8 Å². The summed E-state index contributed by atoms with van der Waals surface area (Å²) in [6, 6.07) is 13.0. The van der Waals surface area contributed by atoms with Gasteiger partial charge in [-0.15, -0.1) is 0 Å². The number of carbonyl (C=O) groups excluding carboxylic acids is 1. The summed E-state index contributed by atoms with van der Waals surface area (Å²) in [5, 5.41) is 2.61. The fourth-order valence-corrected chi connectivity index (χ4v) is 2.97. The number of methoxy groups -OCH3 is 1. The van der Waals surface area contributed by atoms with Gasteiger partial charge in [0.1, 0.15) is 0 Å². The van der Waals surface area contributed by atoms with Crippen LogP contribution < -0.4 is 14.8 Å². The standard InChI is InChI=1S/C17H20N2O5S/c1-19(2)25(21,22)14-8-6-7-13(11-14)18-17(20)12-24-16-10-5-4-9-15(16)23-3/h4-11H,12H2,1-3H3,(H,18,20). The molecule has 0 aliphatic rings. The van der Waals surface area contributed by atoms with Gasteiger partial charge in [-0.05, 0) is 30.3 Å². The molecule has 0 aliphatic heterocycles. The van der Waals surface area contributed by atoms with Gasteiger partial charge in [-0.25, -0.2) is 12.7 Å². The van der Waals surface area contributed by atoms with E-state index in [4.69, 9.17) is 9.47 Å². The second-order valence-corrected chi connectivity index (χ2v) is 7.45. The lowest BCUT2D eigenvalue weighted by atomic mass is 10.3. The van der Waals surface area contributed by atoms with Crippen molar-refractivity contribution in [3.05, 3.63) is 48.5 Å². The molecule has 0 fully saturated rings. The molecular formula is C17H20N2O5S. The average molecular weight is 364 g/mol. The number of nitrogens with zero attached hydrogens (tertiary/aromatic N) is 1. The highest BCUT2D eigenvalue weighted by atomic mass is 32.2. The van der Waals surface area contributed by atoms with Gasteiger partial charge in [0.15, 0.2) is 18.1 Å². The Morgan fingerprint density at radius 3 is 2.40 bits per heavy atom. The van der Waals surface area contributed by atoms with Crippen LogP contribution in [0.1, 0.15) is 0 Å². The quantitative estimate of drug-likeness (QED) is 0.812. The Balaban J connectivity index is 2.04. The molecule has 2 aromatic carbocycles. The van der Waals surface area contributed by atoms with E-state index in [1.807, 2.05) is 0 Å². The molecule has 0 unspecified atom stereocenters. The Kier molecular flexibility index (Phi) is 6.00. The van der Waals surface area contributed by atoms with Gasteiger partial charge in [0.25, 0.3) is 5.91 Å². The van der Waals surface area contributed by atoms with Crippen molar-refractivity contribution in [1.29, 1.82) is 0 Å². The Hall–Kier alpha value is -2.58. The molecule has 0 saturated carbocycles. The number of amides is 1. The number of ether oxygens (including phenoxy) is 2. The van der Waals surface area contributed by atoms with Crippen LogP contribution in [-0.2, 0) is 14.8 Å². The third kappa shape index (κ3) is 4.71. The van der Waals surface area contributed by atoms with Crippen LogP contribution >= 0.6 is 0 Å². The van der Waals surface area contributed by atoms with E-state index in [9.17, 15) is 13.2 Å². The number of nitrogens with one attached hydrogen (secondary N) is 1. The molecule has 0 aliphatic carbocycles.